The first kappa shape index (κ1) is 23.3. The summed E-state index contributed by atoms with van der Waals surface area (Å²) in [6.45, 7) is 3.23. The molecule has 1 fully saturated rings. The predicted octanol–water partition coefficient (Wildman–Crippen LogP) is 3.49. The van der Waals surface area contributed by atoms with Crippen molar-refractivity contribution in [2.45, 2.75) is 25.4 Å². The standard InChI is InChI=1S/C23H23F3N6O2/c1-13-3-4-14(22(34)30-17-8-16(9-28-10-17)23(24,25)26)7-18(13)15-5-6-32(12-15)19-11-29-31(2)20(19)21(27)33/h3-4,7-11,15H,5-6,12H2,1-2H3,(H2,27,33)(H,30,34). The Morgan fingerprint density at radius 3 is 2.65 bits per heavy atom. The van der Waals surface area contributed by atoms with Crippen LogP contribution in [0.15, 0.2) is 42.9 Å². The molecule has 4 rings (SSSR count). The lowest BCUT2D eigenvalue weighted by molar-refractivity contribution is -0.137. The number of hydrogen-bond donors (Lipinski definition) is 2. The lowest BCUT2D eigenvalue weighted by atomic mass is 9.92. The van der Waals surface area contributed by atoms with Crippen LogP contribution in [0, 0.1) is 6.92 Å². The van der Waals surface area contributed by atoms with Gasteiger partial charge in [0.25, 0.3) is 11.8 Å². The van der Waals surface area contributed by atoms with Crippen molar-refractivity contribution in [1.82, 2.24) is 14.8 Å². The minimum absolute atomic E-state index is 0.0375. The third kappa shape index (κ3) is 4.59. The van der Waals surface area contributed by atoms with Crippen LogP contribution in [0.2, 0.25) is 0 Å². The van der Waals surface area contributed by atoms with E-state index in [0.29, 0.717) is 36.2 Å². The fourth-order valence-electron chi connectivity index (χ4n) is 4.26. The summed E-state index contributed by atoms with van der Waals surface area (Å²) in [4.78, 5) is 30.2. The topological polar surface area (TPSA) is 106 Å². The molecule has 1 unspecified atom stereocenters. The SMILES string of the molecule is Cc1ccc(C(=O)Nc2cncc(C(F)(F)F)c2)cc1C1CCN(c2cnn(C)c2C(N)=O)C1. The molecule has 3 N–H and O–H groups in total. The van der Waals surface area contributed by atoms with Crippen LogP contribution in [-0.4, -0.2) is 39.7 Å². The lowest BCUT2D eigenvalue weighted by Crippen LogP contribution is -2.24. The molecule has 1 aliphatic rings. The number of alkyl halides is 3. The number of nitrogens with zero attached hydrogens (tertiary/aromatic N) is 4. The van der Waals surface area contributed by atoms with Gasteiger partial charge in [0, 0.05) is 37.8 Å². The average molecular weight is 472 g/mol. The number of rotatable bonds is 5. The molecule has 8 nitrogen and oxygen atoms in total. The van der Waals surface area contributed by atoms with E-state index in [1.165, 1.54) is 10.9 Å². The van der Waals surface area contributed by atoms with Crippen molar-refractivity contribution in [1.29, 1.82) is 0 Å². The van der Waals surface area contributed by atoms with Gasteiger partial charge in [-0.25, -0.2) is 0 Å². The van der Waals surface area contributed by atoms with Gasteiger partial charge in [-0.05, 0) is 42.7 Å². The normalized spacial score (nSPS) is 16.0. The summed E-state index contributed by atoms with van der Waals surface area (Å²) in [6.07, 6.45) is -0.278. The van der Waals surface area contributed by atoms with Crippen LogP contribution in [0.3, 0.4) is 0 Å². The molecule has 1 atom stereocenters. The number of anilines is 2. The van der Waals surface area contributed by atoms with Crippen molar-refractivity contribution in [3.63, 3.8) is 0 Å². The molecule has 2 aromatic heterocycles. The van der Waals surface area contributed by atoms with Gasteiger partial charge in [-0.3, -0.25) is 19.3 Å². The number of hydrogen-bond acceptors (Lipinski definition) is 5. The number of carbonyl (C=O) groups excluding carboxylic acids is 2. The molecule has 11 heteroatoms. The second-order valence-corrected chi connectivity index (χ2v) is 8.28. The summed E-state index contributed by atoms with van der Waals surface area (Å²) in [5.74, 6) is -0.998. The summed E-state index contributed by atoms with van der Waals surface area (Å²) in [6, 6.07) is 6.06. The third-order valence-corrected chi connectivity index (χ3v) is 5.99. The molecule has 0 aliphatic carbocycles. The molecule has 0 saturated carbocycles. The summed E-state index contributed by atoms with van der Waals surface area (Å²) in [5.41, 5.74) is 7.82. The molecule has 3 heterocycles. The summed E-state index contributed by atoms with van der Waals surface area (Å²) < 4.78 is 40.3. The van der Waals surface area contributed by atoms with Gasteiger partial charge in [-0.2, -0.15) is 18.3 Å². The molecule has 2 amide bonds. The zero-order valence-corrected chi connectivity index (χ0v) is 18.6. The van der Waals surface area contributed by atoms with Gasteiger partial charge in [-0.1, -0.05) is 6.07 Å². The zero-order valence-electron chi connectivity index (χ0n) is 18.6. The van der Waals surface area contributed by atoms with Crippen molar-refractivity contribution in [3.8, 4) is 0 Å². The van der Waals surface area contributed by atoms with Gasteiger partial charge >= 0.3 is 6.18 Å². The maximum absolute atomic E-state index is 12.9. The Hall–Kier alpha value is -3.89. The second kappa shape index (κ2) is 8.81. The summed E-state index contributed by atoms with van der Waals surface area (Å²) in [7, 11) is 1.66. The maximum Gasteiger partial charge on any atom is 0.417 e. The van der Waals surface area contributed by atoms with E-state index in [1.807, 2.05) is 17.9 Å². The van der Waals surface area contributed by atoms with Gasteiger partial charge in [0.15, 0.2) is 0 Å². The quantitative estimate of drug-likeness (QED) is 0.591. The Labute approximate surface area is 193 Å². The Morgan fingerprint density at radius 2 is 1.94 bits per heavy atom. The van der Waals surface area contributed by atoms with Crippen LogP contribution >= 0.6 is 0 Å². The molecule has 0 radical (unpaired) electrons. The highest BCUT2D eigenvalue weighted by atomic mass is 19.4. The van der Waals surface area contributed by atoms with Crippen LogP contribution in [0.5, 0.6) is 0 Å². The molecule has 1 aliphatic heterocycles. The van der Waals surface area contributed by atoms with Crippen LogP contribution in [0.1, 0.15) is 49.9 Å². The Balaban J connectivity index is 1.53. The highest BCUT2D eigenvalue weighted by molar-refractivity contribution is 6.04. The van der Waals surface area contributed by atoms with Crippen molar-refractivity contribution in [2.24, 2.45) is 12.8 Å². The van der Waals surface area contributed by atoms with Crippen LogP contribution in [0.4, 0.5) is 24.5 Å². The van der Waals surface area contributed by atoms with E-state index in [-0.39, 0.29) is 11.6 Å². The first-order chi connectivity index (χ1) is 16.0. The van der Waals surface area contributed by atoms with Crippen molar-refractivity contribution in [2.75, 3.05) is 23.3 Å². The number of halogens is 3. The molecule has 178 valence electrons. The lowest BCUT2D eigenvalue weighted by Gasteiger charge is -2.19. The van der Waals surface area contributed by atoms with Crippen molar-refractivity contribution < 1.29 is 22.8 Å². The number of nitrogens with two attached hydrogens (primary N) is 1. The minimum Gasteiger partial charge on any atom is -0.368 e. The monoisotopic (exact) mass is 472 g/mol. The second-order valence-electron chi connectivity index (χ2n) is 8.28. The first-order valence-electron chi connectivity index (χ1n) is 10.6. The van der Waals surface area contributed by atoms with Crippen molar-refractivity contribution in [3.05, 3.63) is 70.8 Å². The number of aromatic nitrogens is 3. The largest absolute Gasteiger partial charge is 0.417 e. The van der Waals surface area contributed by atoms with Gasteiger partial charge in [-0.15, -0.1) is 0 Å². The predicted molar refractivity (Wildman–Crippen MR) is 120 cm³/mol. The van der Waals surface area contributed by atoms with E-state index in [9.17, 15) is 22.8 Å². The van der Waals surface area contributed by atoms with E-state index in [4.69, 9.17) is 5.73 Å². The molecular formula is C23H23F3N6O2. The van der Waals surface area contributed by atoms with E-state index < -0.39 is 23.6 Å². The number of amides is 2. The van der Waals surface area contributed by atoms with E-state index in [2.05, 4.69) is 15.4 Å². The van der Waals surface area contributed by atoms with Gasteiger partial charge in [0.05, 0.1) is 29.3 Å². The molecule has 1 saturated heterocycles. The first-order valence-corrected chi connectivity index (χ1v) is 10.6. The van der Waals surface area contributed by atoms with Crippen LogP contribution in [-0.2, 0) is 13.2 Å². The zero-order chi connectivity index (χ0) is 24.6. The van der Waals surface area contributed by atoms with Crippen molar-refractivity contribution >= 4 is 23.2 Å². The Bertz CT molecular complexity index is 1250. The Morgan fingerprint density at radius 1 is 1.18 bits per heavy atom. The molecule has 34 heavy (non-hydrogen) atoms. The van der Waals surface area contributed by atoms with Gasteiger partial charge in [0.1, 0.15) is 5.69 Å². The number of aryl methyl sites for hydroxylation is 2. The van der Waals surface area contributed by atoms with E-state index in [0.717, 1.165) is 23.6 Å². The number of benzene rings is 1. The number of carbonyl (C=O) groups is 2. The fraction of sp³-hybridized carbons (Fsp3) is 0.304. The minimum atomic E-state index is -4.55. The number of primary amides is 1. The van der Waals surface area contributed by atoms with E-state index >= 15 is 0 Å². The highest BCUT2D eigenvalue weighted by Crippen LogP contribution is 2.34. The van der Waals surface area contributed by atoms with Crippen LogP contribution < -0.4 is 16.0 Å². The third-order valence-electron chi connectivity index (χ3n) is 5.99. The Kier molecular flexibility index (Phi) is 6.03. The molecule has 0 bridgehead atoms. The number of nitrogens with one attached hydrogen (secondary N) is 1. The van der Waals surface area contributed by atoms with Crippen LogP contribution in [0.25, 0.3) is 0 Å². The maximum atomic E-state index is 12.9. The molecule has 1 aromatic carbocycles. The smallest absolute Gasteiger partial charge is 0.368 e. The molecule has 0 spiro atoms. The molecular weight excluding hydrogens is 449 g/mol. The highest BCUT2D eigenvalue weighted by Gasteiger charge is 2.32. The van der Waals surface area contributed by atoms with E-state index in [1.54, 1.807) is 25.4 Å². The summed E-state index contributed by atoms with van der Waals surface area (Å²) in [5, 5.41) is 6.63. The fourth-order valence-corrected chi connectivity index (χ4v) is 4.26. The number of pyridine rings is 1. The van der Waals surface area contributed by atoms with Gasteiger partial charge in [0.2, 0.25) is 0 Å². The van der Waals surface area contributed by atoms with Gasteiger partial charge < -0.3 is 16.0 Å². The average Bonchev–Trinajstić information content (AvgIpc) is 3.40. The summed E-state index contributed by atoms with van der Waals surface area (Å²) >= 11 is 0. The molecule has 3 aromatic rings.